The Hall–Kier alpha value is -1.42. The van der Waals surface area contributed by atoms with Crippen molar-refractivity contribution in [3.05, 3.63) is 24.3 Å². The van der Waals surface area contributed by atoms with Crippen LogP contribution in [0.4, 0.5) is 0 Å². The Bertz CT molecular complexity index is 424. The van der Waals surface area contributed by atoms with Crippen LogP contribution in [0.5, 0.6) is 0 Å². The van der Waals surface area contributed by atoms with Crippen molar-refractivity contribution in [2.45, 2.75) is 25.8 Å². The number of aliphatic hydroxyl groups excluding tert-OH is 1. The predicted molar refractivity (Wildman–Crippen MR) is 58.5 cm³/mol. The van der Waals surface area contributed by atoms with Crippen LogP contribution in [-0.4, -0.2) is 26.7 Å². The SMILES string of the molecule is OCCCCCn1nnc2ccccc21. The van der Waals surface area contributed by atoms with Crippen LogP contribution in [0.2, 0.25) is 0 Å². The van der Waals surface area contributed by atoms with Crippen molar-refractivity contribution in [2.24, 2.45) is 0 Å². The van der Waals surface area contributed by atoms with Crippen molar-refractivity contribution in [3.8, 4) is 0 Å². The van der Waals surface area contributed by atoms with E-state index >= 15 is 0 Å². The molecule has 0 bridgehead atoms. The Labute approximate surface area is 88.5 Å². The van der Waals surface area contributed by atoms with Gasteiger partial charge in [-0.1, -0.05) is 17.3 Å². The summed E-state index contributed by atoms with van der Waals surface area (Å²) in [6.07, 6.45) is 2.94. The summed E-state index contributed by atoms with van der Waals surface area (Å²) in [5.74, 6) is 0. The number of rotatable bonds is 5. The number of hydrogen-bond acceptors (Lipinski definition) is 3. The van der Waals surface area contributed by atoms with E-state index in [4.69, 9.17) is 5.11 Å². The number of nitrogens with zero attached hydrogens (tertiary/aromatic N) is 3. The Balaban J connectivity index is 2.02. The number of fused-ring (bicyclic) bond motifs is 1. The Morgan fingerprint density at radius 1 is 1.13 bits per heavy atom. The van der Waals surface area contributed by atoms with Gasteiger partial charge in [-0.15, -0.1) is 5.10 Å². The third kappa shape index (κ3) is 2.33. The van der Waals surface area contributed by atoms with Crippen molar-refractivity contribution < 1.29 is 5.11 Å². The van der Waals surface area contributed by atoms with Crippen LogP contribution in [0.25, 0.3) is 11.0 Å². The lowest BCUT2D eigenvalue weighted by Gasteiger charge is -2.00. The molecular weight excluding hydrogens is 190 g/mol. The summed E-state index contributed by atoms with van der Waals surface area (Å²) in [5, 5.41) is 16.8. The second-order valence-corrected chi connectivity index (χ2v) is 3.59. The smallest absolute Gasteiger partial charge is 0.113 e. The lowest BCUT2D eigenvalue weighted by atomic mass is 10.2. The Morgan fingerprint density at radius 2 is 2.00 bits per heavy atom. The van der Waals surface area contributed by atoms with Crippen molar-refractivity contribution in [2.75, 3.05) is 6.61 Å². The third-order valence-electron chi connectivity index (χ3n) is 2.45. The molecule has 15 heavy (non-hydrogen) atoms. The first-order valence-electron chi connectivity index (χ1n) is 5.31. The van der Waals surface area contributed by atoms with E-state index in [1.807, 2.05) is 28.9 Å². The molecule has 2 aromatic rings. The fourth-order valence-electron chi connectivity index (χ4n) is 1.63. The van der Waals surface area contributed by atoms with Crippen LogP contribution in [0.1, 0.15) is 19.3 Å². The zero-order valence-corrected chi connectivity index (χ0v) is 8.63. The number of aliphatic hydroxyl groups is 1. The summed E-state index contributed by atoms with van der Waals surface area (Å²) in [6.45, 7) is 1.15. The minimum Gasteiger partial charge on any atom is -0.396 e. The highest BCUT2D eigenvalue weighted by Crippen LogP contribution is 2.10. The molecule has 4 heteroatoms. The quantitative estimate of drug-likeness (QED) is 0.754. The summed E-state index contributed by atoms with van der Waals surface area (Å²) < 4.78 is 1.92. The van der Waals surface area contributed by atoms with Crippen LogP contribution in [-0.2, 0) is 6.54 Å². The highest BCUT2D eigenvalue weighted by Gasteiger charge is 2.01. The average Bonchev–Trinajstić information content (AvgIpc) is 2.68. The van der Waals surface area contributed by atoms with Crippen molar-refractivity contribution in [1.29, 1.82) is 0 Å². The van der Waals surface area contributed by atoms with E-state index < -0.39 is 0 Å². The van der Waals surface area contributed by atoms with Gasteiger partial charge in [0.25, 0.3) is 0 Å². The molecule has 1 aromatic heterocycles. The number of unbranched alkanes of at least 4 members (excludes halogenated alkanes) is 2. The van der Waals surface area contributed by atoms with Crippen molar-refractivity contribution >= 4 is 11.0 Å². The molecule has 0 aliphatic rings. The van der Waals surface area contributed by atoms with Gasteiger partial charge >= 0.3 is 0 Å². The summed E-state index contributed by atoms with van der Waals surface area (Å²) in [7, 11) is 0. The van der Waals surface area contributed by atoms with Gasteiger partial charge in [-0.25, -0.2) is 4.68 Å². The molecule has 0 aliphatic carbocycles. The van der Waals surface area contributed by atoms with E-state index in [1.165, 1.54) is 0 Å². The largest absolute Gasteiger partial charge is 0.396 e. The minimum absolute atomic E-state index is 0.276. The molecule has 0 saturated heterocycles. The molecule has 0 aliphatic heterocycles. The number of aromatic nitrogens is 3. The average molecular weight is 205 g/mol. The highest BCUT2D eigenvalue weighted by molar-refractivity contribution is 5.73. The van der Waals surface area contributed by atoms with Crippen LogP contribution < -0.4 is 0 Å². The molecule has 0 saturated carbocycles. The van der Waals surface area contributed by atoms with Crippen molar-refractivity contribution in [1.82, 2.24) is 15.0 Å². The normalized spacial score (nSPS) is 11.0. The third-order valence-corrected chi connectivity index (χ3v) is 2.45. The molecule has 80 valence electrons. The van der Waals surface area contributed by atoms with Gasteiger partial charge in [0.1, 0.15) is 5.52 Å². The summed E-state index contributed by atoms with van der Waals surface area (Å²) in [6, 6.07) is 7.96. The highest BCUT2D eigenvalue weighted by atomic mass is 16.2. The molecule has 0 atom stereocenters. The second kappa shape index (κ2) is 4.89. The first-order chi connectivity index (χ1) is 7.42. The van der Waals surface area contributed by atoms with E-state index in [-0.39, 0.29) is 6.61 Å². The fourth-order valence-corrected chi connectivity index (χ4v) is 1.63. The van der Waals surface area contributed by atoms with Gasteiger partial charge in [0.15, 0.2) is 0 Å². The zero-order valence-electron chi connectivity index (χ0n) is 8.63. The molecule has 2 rings (SSSR count). The first kappa shape index (κ1) is 10.1. The van der Waals surface area contributed by atoms with Crippen LogP contribution >= 0.6 is 0 Å². The maximum atomic E-state index is 8.66. The zero-order chi connectivity index (χ0) is 10.5. The lowest BCUT2D eigenvalue weighted by molar-refractivity contribution is 0.281. The first-order valence-corrected chi connectivity index (χ1v) is 5.31. The van der Waals surface area contributed by atoms with E-state index in [2.05, 4.69) is 10.3 Å². The predicted octanol–water partition coefficient (Wildman–Crippen LogP) is 1.59. The maximum Gasteiger partial charge on any atom is 0.113 e. The van der Waals surface area contributed by atoms with Crippen LogP contribution in [0.15, 0.2) is 24.3 Å². The Morgan fingerprint density at radius 3 is 2.87 bits per heavy atom. The van der Waals surface area contributed by atoms with E-state index in [0.717, 1.165) is 36.8 Å². The fraction of sp³-hybridized carbons (Fsp3) is 0.455. The molecular formula is C11H15N3O. The number of para-hydroxylation sites is 1. The molecule has 1 aromatic carbocycles. The summed E-state index contributed by atoms with van der Waals surface area (Å²) >= 11 is 0. The molecule has 0 fully saturated rings. The lowest BCUT2D eigenvalue weighted by Crippen LogP contribution is -2.00. The summed E-state index contributed by atoms with van der Waals surface area (Å²) in [5.41, 5.74) is 2.03. The van der Waals surface area contributed by atoms with Gasteiger partial charge in [-0.3, -0.25) is 0 Å². The van der Waals surface area contributed by atoms with Gasteiger partial charge in [-0.2, -0.15) is 0 Å². The standard InChI is InChI=1S/C11H15N3O/c15-9-5-1-4-8-14-11-7-3-2-6-10(11)12-13-14/h2-3,6-7,15H,1,4-5,8-9H2. The second-order valence-electron chi connectivity index (χ2n) is 3.59. The molecule has 1 N–H and O–H groups in total. The molecule has 0 spiro atoms. The summed E-state index contributed by atoms with van der Waals surface area (Å²) in [4.78, 5) is 0. The molecule has 1 heterocycles. The molecule has 0 unspecified atom stereocenters. The topological polar surface area (TPSA) is 50.9 Å². The van der Waals surface area contributed by atoms with E-state index in [9.17, 15) is 0 Å². The molecule has 0 radical (unpaired) electrons. The van der Waals surface area contributed by atoms with Gasteiger partial charge in [0, 0.05) is 13.2 Å². The number of aryl methyl sites for hydroxylation is 1. The van der Waals surface area contributed by atoms with Gasteiger partial charge < -0.3 is 5.11 Å². The van der Waals surface area contributed by atoms with Crippen LogP contribution in [0.3, 0.4) is 0 Å². The van der Waals surface area contributed by atoms with E-state index in [1.54, 1.807) is 0 Å². The number of hydrogen-bond donors (Lipinski definition) is 1. The van der Waals surface area contributed by atoms with Crippen molar-refractivity contribution in [3.63, 3.8) is 0 Å². The van der Waals surface area contributed by atoms with Gasteiger partial charge in [0.2, 0.25) is 0 Å². The van der Waals surface area contributed by atoms with Crippen LogP contribution in [0, 0.1) is 0 Å². The molecule has 0 amide bonds. The van der Waals surface area contributed by atoms with Gasteiger partial charge in [0.05, 0.1) is 5.52 Å². The Kier molecular flexibility index (Phi) is 3.29. The van der Waals surface area contributed by atoms with Gasteiger partial charge in [-0.05, 0) is 31.4 Å². The number of benzene rings is 1. The molecule has 4 nitrogen and oxygen atoms in total. The minimum atomic E-state index is 0.276. The van der Waals surface area contributed by atoms with E-state index in [0.29, 0.717) is 0 Å². The maximum absolute atomic E-state index is 8.66. The monoisotopic (exact) mass is 205 g/mol.